The van der Waals surface area contributed by atoms with Crippen LogP contribution in [0, 0.1) is 0 Å². The zero-order valence-corrected chi connectivity index (χ0v) is 10.3. The van der Waals surface area contributed by atoms with Crippen LogP contribution < -0.4 is 5.73 Å². The summed E-state index contributed by atoms with van der Waals surface area (Å²) in [5, 5.41) is 0. The maximum atomic E-state index is 6.16. The molecule has 0 saturated carbocycles. The van der Waals surface area contributed by atoms with Gasteiger partial charge in [-0.2, -0.15) is 0 Å². The number of rotatable bonds is 1. The van der Waals surface area contributed by atoms with Crippen molar-refractivity contribution in [1.82, 2.24) is 0 Å². The van der Waals surface area contributed by atoms with Crippen molar-refractivity contribution in [2.24, 2.45) is 5.73 Å². The summed E-state index contributed by atoms with van der Waals surface area (Å²) in [5.74, 6) is 0. The predicted molar refractivity (Wildman–Crippen MR) is 59.8 cm³/mol. The molecule has 3 nitrogen and oxygen atoms in total. The molecule has 2 fully saturated rings. The molecule has 0 aromatic rings. The third-order valence-electron chi connectivity index (χ3n) is 3.87. The van der Waals surface area contributed by atoms with Gasteiger partial charge in [0.1, 0.15) is 0 Å². The van der Waals surface area contributed by atoms with Gasteiger partial charge >= 0.3 is 0 Å². The lowest BCUT2D eigenvalue weighted by Crippen LogP contribution is -2.46. The Morgan fingerprint density at radius 3 is 2.33 bits per heavy atom. The van der Waals surface area contributed by atoms with Crippen molar-refractivity contribution in [1.29, 1.82) is 0 Å². The summed E-state index contributed by atoms with van der Waals surface area (Å²) >= 11 is 0. The molecule has 88 valence electrons. The van der Waals surface area contributed by atoms with Crippen LogP contribution in [0.5, 0.6) is 0 Å². The van der Waals surface area contributed by atoms with Crippen molar-refractivity contribution in [3.63, 3.8) is 0 Å². The molecular formula is C12H23NO2. The van der Waals surface area contributed by atoms with Crippen molar-refractivity contribution >= 4 is 0 Å². The highest BCUT2D eigenvalue weighted by atomic mass is 16.6. The SMILES string of the molecule is CC1(C)C[C@@]2(CC[C@H](CN)O2)C(C)(C)O1. The van der Waals surface area contributed by atoms with Gasteiger partial charge < -0.3 is 15.2 Å². The van der Waals surface area contributed by atoms with Crippen molar-refractivity contribution in [2.45, 2.75) is 69.9 Å². The highest BCUT2D eigenvalue weighted by Gasteiger charge is 2.60. The van der Waals surface area contributed by atoms with Crippen molar-refractivity contribution in [2.75, 3.05) is 6.54 Å². The van der Waals surface area contributed by atoms with Crippen LogP contribution in [0.25, 0.3) is 0 Å². The van der Waals surface area contributed by atoms with E-state index in [4.69, 9.17) is 15.2 Å². The van der Waals surface area contributed by atoms with Gasteiger partial charge in [-0.15, -0.1) is 0 Å². The van der Waals surface area contributed by atoms with Gasteiger partial charge in [-0.3, -0.25) is 0 Å². The Balaban J connectivity index is 2.22. The van der Waals surface area contributed by atoms with Gasteiger partial charge in [-0.05, 0) is 40.5 Å². The van der Waals surface area contributed by atoms with Crippen molar-refractivity contribution in [3.8, 4) is 0 Å². The lowest BCUT2D eigenvalue weighted by atomic mass is 9.80. The third-order valence-corrected chi connectivity index (χ3v) is 3.87. The Morgan fingerprint density at radius 2 is 1.93 bits per heavy atom. The van der Waals surface area contributed by atoms with E-state index in [2.05, 4.69) is 27.7 Å². The molecule has 0 aliphatic carbocycles. The Bertz CT molecular complexity index is 262. The zero-order chi connectivity index (χ0) is 11.3. The first-order valence-electron chi connectivity index (χ1n) is 5.88. The van der Waals surface area contributed by atoms with Gasteiger partial charge in [-0.25, -0.2) is 0 Å². The van der Waals surface area contributed by atoms with E-state index < -0.39 is 0 Å². The minimum Gasteiger partial charge on any atom is -0.367 e. The van der Waals surface area contributed by atoms with Crippen LogP contribution in [0.2, 0.25) is 0 Å². The summed E-state index contributed by atoms with van der Waals surface area (Å²) in [4.78, 5) is 0. The molecule has 0 aromatic carbocycles. The second kappa shape index (κ2) is 3.19. The second-order valence-electron chi connectivity index (χ2n) is 6.06. The number of nitrogens with two attached hydrogens (primary N) is 1. The van der Waals surface area contributed by atoms with Crippen LogP contribution >= 0.6 is 0 Å². The average molecular weight is 213 g/mol. The molecule has 2 aliphatic heterocycles. The predicted octanol–water partition coefficient (Wildman–Crippen LogP) is 1.84. The van der Waals surface area contributed by atoms with E-state index in [-0.39, 0.29) is 22.9 Å². The summed E-state index contributed by atoms with van der Waals surface area (Å²) in [6.07, 6.45) is 3.34. The minimum atomic E-state index is -0.194. The third kappa shape index (κ3) is 1.71. The molecule has 1 spiro atoms. The number of hydrogen-bond acceptors (Lipinski definition) is 3. The average Bonchev–Trinajstić information content (AvgIpc) is 2.53. The van der Waals surface area contributed by atoms with Crippen molar-refractivity contribution in [3.05, 3.63) is 0 Å². The van der Waals surface area contributed by atoms with Crippen LogP contribution in [-0.4, -0.2) is 29.5 Å². The molecule has 2 atom stereocenters. The normalized spacial score (nSPS) is 42.6. The molecule has 0 radical (unpaired) electrons. The Morgan fingerprint density at radius 1 is 1.27 bits per heavy atom. The molecule has 0 amide bonds. The summed E-state index contributed by atoms with van der Waals surface area (Å²) in [6, 6.07) is 0. The van der Waals surface area contributed by atoms with Crippen LogP contribution in [0.15, 0.2) is 0 Å². The first kappa shape index (κ1) is 11.4. The van der Waals surface area contributed by atoms with E-state index in [9.17, 15) is 0 Å². The molecule has 2 heterocycles. The quantitative estimate of drug-likeness (QED) is 0.723. The maximum absolute atomic E-state index is 6.16. The molecule has 3 heteroatoms. The van der Waals surface area contributed by atoms with E-state index in [1.807, 2.05) is 0 Å². The number of ether oxygens (including phenoxy) is 2. The second-order valence-corrected chi connectivity index (χ2v) is 6.06. The van der Waals surface area contributed by atoms with Crippen LogP contribution in [0.3, 0.4) is 0 Å². The molecule has 2 saturated heterocycles. The fraction of sp³-hybridized carbons (Fsp3) is 1.00. The van der Waals surface area contributed by atoms with E-state index in [1.54, 1.807) is 0 Å². The fourth-order valence-corrected chi connectivity index (χ4v) is 3.29. The lowest BCUT2D eigenvalue weighted by Gasteiger charge is -2.36. The van der Waals surface area contributed by atoms with Gasteiger partial charge in [0.05, 0.1) is 22.9 Å². The highest BCUT2D eigenvalue weighted by molar-refractivity contribution is 5.10. The number of hydrogen-bond donors (Lipinski definition) is 1. The van der Waals surface area contributed by atoms with Crippen LogP contribution in [0.4, 0.5) is 0 Å². The molecule has 0 aromatic heterocycles. The maximum Gasteiger partial charge on any atom is 0.0998 e. The van der Waals surface area contributed by atoms with E-state index >= 15 is 0 Å². The standard InChI is InChI=1S/C12H23NO2/c1-10(2)8-12(11(3,4)15-10)6-5-9(7-13)14-12/h9H,5-8,13H2,1-4H3/t9-,12+/m1/s1. The summed E-state index contributed by atoms with van der Waals surface area (Å²) < 4.78 is 12.3. The Hall–Kier alpha value is -0.120. The van der Waals surface area contributed by atoms with Gasteiger partial charge in [0.15, 0.2) is 0 Å². The first-order chi connectivity index (χ1) is 6.80. The highest BCUT2D eigenvalue weighted by Crippen LogP contribution is 2.53. The molecule has 2 rings (SSSR count). The molecule has 15 heavy (non-hydrogen) atoms. The Kier molecular flexibility index (Phi) is 2.42. The smallest absolute Gasteiger partial charge is 0.0998 e. The first-order valence-corrected chi connectivity index (χ1v) is 5.88. The largest absolute Gasteiger partial charge is 0.367 e. The minimum absolute atomic E-state index is 0.0764. The van der Waals surface area contributed by atoms with E-state index in [0.29, 0.717) is 6.54 Å². The van der Waals surface area contributed by atoms with Crippen LogP contribution in [-0.2, 0) is 9.47 Å². The van der Waals surface area contributed by atoms with E-state index in [0.717, 1.165) is 19.3 Å². The lowest BCUT2D eigenvalue weighted by molar-refractivity contribution is -0.144. The van der Waals surface area contributed by atoms with Crippen LogP contribution in [0.1, 0.15) is 47.0 Å². The zero-order valence-electron chi connectivity index (χ0n) is 10.3. The summed E-state index contributed by atoms with van der Waals surface area (Å²) in [5.41, 5.74) is 5.29. The molecular weight excluding hydrogens is 190 g/mol. The van der Waals surface area contributed by atoms with Crippen molar-refractivity contribution < 1.29 is 9.47 Å². The molecule has 0 bridgehead atoms. The fourth-order valence-electron chi connectivity index (χ4n) is 3.29. The van der Waals surface area contributed by atoms with Gasteiger partial charge in [0.2, 0.25) is 0 Å². The summed E-state index contributed by atoms with van der Waals surface area (Å²) in [7, 11) is 0. The Labute approximate surface area is 92.3 Å². The monoisotopic (exact) mass is 213 g/mol. The van der Waals surface area contributed by atoms with Gasteiger partial charge in [0, 0.05) is 13.0 Å². The molecule has 2 N–H and O–H groups in total. The van der Waals surface area contributed by atoms with Gasteiger partial charge in [0.25, 0.3) is 0 Å². The van der Waals surface area contributed by atoms with Gasteiger partial charge in [-0.1, -0.05) is 0 Å². The molecule has 2 aliphatic rings. The molecule has 0 unspecified atom stereocenters. The summed E-state index contributed by atoms with van der Waals surface area (Å²) in [6.45, 7) is 9.19. The topological polar surface area (TPSA) is 44.5 Å². The van der Waals surface area contributed by atoms with E-state index in [1.165, 1.54) is 0 Å².